The van der Waals surface area contributed by atoms with E-state index in [1.165, 1.54) is 14.7 Å². The van der Waals surface area contributed by atoms with Gasteiger partial charge in [0.1, 0.15) is 17.2 Å². The molecule has 4 rings (SSSR count). The van der Waals surface area contributed by atoms with Crippen LogP contribution in [-0.2, 0) is 15.7 Å². The molecule has 3 nitrogen and oxygen atoms in total. The maximum Gasteiger partial charge on any atom is 0.316 e. The Kier molecular flexibility index (Phi) is 7.39. The van der Waals surface area contributed by atoms with Crippen LogP contribution >= 0.6 is 0 Å². The molecule has 34 heavy (non-hydrogen) atoms. The maximum absolute atomic E-state index is 12.3. The number of carbonyl (C=O) groups is 1. The van der Waals surface area contributed by atoms with E-state index in [1.807, 2.05) is 57.2 Å². The quantitative estimate of drug-likeness (QED) is 0.149. The van der Waals surface area contributed by atoms with Crippen LogP contribution in [0.5, 0.6) is 17.2 Å². The molecule has 4 aromatic carbocycles. The van der Waals surface area contributed by atoms with Crippen molar-refractivity contribution in [2.24, 2.45) is 5.41 Å². The van der Waals surface area contributed by atoms with Gasteiger partial charge in [-0.25, -0.2) is 0 Å². The van der Waals surface area contributed by atoms with Gasteiger partial charge in [-0.3, -0.25) is 4.79 Å². The second-order valence-corrected chi connectivity index (χ2v) is 10.6. The molecule has 0 heterocycles. The molecular formula is C30H29O3S+. The Bertz CT molecular complexity index is 1160. The lowest BCUT2D eigenvalue weighted by Gasteiger charge is -2.20. The van der Waals surface area contributed by atoms with Crippen LogP contribution in [0.1, 0.15) is 27.2 Å². The van der Waals surface area contributed by atoms with E-state index < -0.39 is 5.41 Å². The molecule has 0 aliphatic heterocycles. The van der Waals surface area contributed by atoms with Gasteiger partial charge in [-0.15, -0.1) is 0 Å². The number of hydrogen-bond donors (Lipinski definition) is 0. The van der Waals surface area contributed by atoms with Crippen LogP contribution in [0.2, 0.25) is 0 Å². The molecule has 0 aliphatic rings. The summed E-state index contributed by atoms with van der Waals surface area (Å²) in [6.07, 6.45) is 0.721. The molecule has 4 heteroatoms. The number of carbonyl (C=O) groups excluding carboxylic acids is 1. The summed E-state index contributed by atoms with van der Waals surface area (Å²) in [5.74, 6) is 1.73. The highest BCUT2D eigenvalue weighted by Gasteiger charge is 2.29. The number of hydrogen-bond acceptors (Lipinski definition) is 3. The highest BCUT2D eigenvalue weighted by Crippen LogP contribution is 2.33. The van der Waals surface area contributed by atoms with Crippen molar-refractivity contribution in [1.82, 2.24) is 0 Å². The van der Waals surface area contributed by atoms with Gasteiger partial charge in [0.15, 0.2) is 14.7 Å². The van der Waals surface area contributed by atoms with E-state index in [2.05, 4.69) is 60.7 Å². The second kappa shape index (κ2) is 10.6. The Morgan fingerprint density at radius 1 is 0.647 bits per heavy atom. The lowest BCUT2D eigenvalue weighted by atomic mass is 9.91. The van der Waals surface area contributed by atoms with E-state index in [9.17, 15) is 4.79 Å². The predicted octanol–water partition coefficient (Wildman–Crippen LogP) is 7.92. The number of ether oxygens (including phenoxy) is 2. The standard InChI is InChI=1S/C30H29O3S/c1-4-30(2,3)29(31)33-25-17-15-23(16-18-25)32-24-19-21-28(22-20-24)34(26-11-7-5-8-12-26)27-13-9-6-10-14-27/h5-22H,4H2,1-3H3/q+1. The highest BCUT2D eigenvalue weighted by molar-refractivity contribution is 7.97. The molecule has 0 unspecified atom stereocenters. The van der Waals surface area contributed by atoms with Crippen LogP contribution in [0, 0.1) is 5.41 Å². The summed E-state index contributed by atoms with van der Waals surface area (Å²) >= 11 is 0. The molecule has 0 saturated carbocycles. The van der Waals surface area contributed by atoms with Gasteiger partial charge in [0.2, 0.25) is 0 Å². The first-order valence-electron chi connectivity index (χ1n) is 11.4. The molecule has 4 aromatic rings. The summed E-state index contributed by atoms with van der Waals surface area (Å²) in [5, 5.41) is 0. The molecule has 0 spiro atoms. The Balaban J connectivity index is 1.48. The molecule has 0 atom stereocenters. The molecule has 172 valence electrons. The third kappa shape index (κ3) is 5.70. The largest absolute Gasteiger partial charge is 0.457 e. The lowest BCUT2D eigenvalue weighted by Crippen LogP contribution is -2.28. The van der Waals surface area contributed by atoms with Crippen molar-refractivity contribution in [3.63, 3.8) is 0 Å². The van der Waals surface area contributed by atoms with E-state index >= 15 is 0 Å². The first-order chi connectivity index (χ1) is 16.5. The first-order valence-corrected chi connectivity index (χ1v) is 12.6. The predicted molar refractivity (Wildman–Crippen MR) is 138 cm³/mol. The zero-order valence-electron chi connectivity index (χ0n) is 19.7. The molecular weight excluding hydrogens is 440 g/mol. The SMILES string of the molecule is CCC(C)(C)C(=O)Oc1ccc(Oc2ccc([S+](c3ccccc3)c3ccccc3)cc2)cc1. The Labute approximate surface area is 204 Å². The smallest absolute Gasteiger partial charge is 0.316 e. The van der Waals surface area contributed by atoms with E-state index in [1.54, 1.807) is 12.1 Å². The second-order valence-electron chi connectivity index (χ2n) is 8.60. The Hall–Kier alpha value is -3.50. The fraction of sp³-hybridized carbons (Fsp3) is 0.167. The minimum atomic E-state index is -0.505. The average Bonchev–Trinajstić information content (AvgIpc) is 2.88. The van der Waals surface area contributed by atoms with E-state index in [-0.39, 0.29) is 16.9 Å². The van der Waals surface area contributed by atoms with Gasteiger partial charge in [0, 0.05) is 0 Å². The Morgan fingerprint density at radius 2 is 1.06 bits per heavy atom. The average molecular weight is 470 g/mol. The van der Waals surface area contributed by atoms with Crippen molar-refractivity contribution in [1.29, 1.82) is 0 Å². The van der Waals surface area contributed by atoms with Gasteiger partial charge in [-0.1, -0.05) is 43.3 Å². The lowest BCUT2D eigenvalue weighted by molar-refractivity contribution is -0.144. The maximum atomic E-state index is 12.3. The van der Waals surface area contributed by atoms with Crippen molar-refractivity contribution in [2.75, 3.05) is 0 Å². The molecule has 0 bridgehead atoms. The van der Waals surface area contributed by atoms with Crippen LogP contribution in [0.25, 0.3) is 0 Å². The number of rotatable bonds is 8. The molecule has 0 aromatic heterocycles. The summed E-state index contributed by atoms with van der Waals surface area (Å²) in [5.41, 5.74) is -0.505. The molecule has 0 fully saturated rings. The minimum absolute atomic E-state index is 0.191. The zero-order chi connectivity index (χ0) is 24.0. The van der Waals surface area contributed by atoms with Crippen molar-refractivity contribution < 1.29 is 14.3 Å². The van der Waals surface area contributed by atoms with Gasteiger partial charge in [0.05, 0.1) is 16.3 Å². The van der Waals surface area contributed by atoms with Crippen LogP contribution in [-0.4, -0.2) is 5.97 Å². The molecule has 0 saturated heterocycles. The van der Waals surface area contributed by atoms with Crippen molar-refractivity contribution >= 4 is 16.9 Å². The van der Waals surface area contributed by atoms with Gasteiger partial charge in [-0.2, -0.15) is 0 Å². The highest BCUT2D eigenvalue weighted by atomic mass is 32.2. The zero-order valence-corrected chi connectivity index (χ0v) is 20.5. The van der Waals surface area contributed by atoms with Crippen molar-refractivity contribution in [3.05, 3.63) is 109 Å². The molecule has 0 N–H and O–H groups in total. The summed E-state index contributed by atoms with van der Waals surface area (Å²) < 4.78 is 11.5. The Morgan fingerprint density at radius 3 is 1.53 bits per heavy atom. The van der Waals surface area contributed by atoms with Gasteiger partial charge >= 0.3 is 5.97 Å². The van der Waals surface area contributed by atoms with Crippen LogP contribution in [0.3, 0.4) is 0 Å². The van der Waals surface area contributed by atoms with Crippen LogP contribution in [0.4, 0.5) is 0 Å². The van der Waals surface area contributed by atoms with Crippen molar-refractivity contribution in [3.8, 4) is 17.2 Å². The third-order valence-corrected chi connectivity index (χ3v) is 7.95. The van der Waals surface area contributed by atoms with Gasteiger partial charge in [0.25, 0.3) is 0 Å². The topological polar surface area (TPSA) is 35.5 Å². The normalized spacial score (nSPS) is 11.3. The number of esters is 1. The molecule has 0 amide bonds. The van der Waals surface area contributed by atoms with Crippen molar-refractivity contribution in [2.45, 2.75) is 41.9 Å². The third-order valence-electron chi connectivity index (χ3n) is 5.72. The van der Waals surface area contributed by atoms with E-state index in [0.29, 0.717) is 11.5 Å². The van der Waals surface area contributed by atoms with Gasteiger partial charge in [-0.05, 0) is 93.1 Å². The van der Waals surface area contributed by atoms with Gasteiger partial charge < -0.3 is 9.47 Å². The first kappa shape index (κ1) is 23.7. The molecule has 0 radical (unpaired) electrons. The fourth-order valence-electron chi connectivity index (χ4n) is 3.27. The monoisotopic (exact) mass is 469 g/mol. The summed E-state index contributed by atoms with van der Waals surface area (Å²) in [6.45, 7) is 5.75. The van der Waals surface area contributed by atoms with E-state index in [0.717, 1.165) is 12.2 Å². The molecule has 0 aliphatic carbocycles. The minimum Gasteiger partial charge on any atom is -0.457 e. The summed E-state index contributed by atoms with van der Waals surface area (Å²) in [7, 11) is -0.191. The summed E-state index contributed by atoms with van der Waals surface area (Å²) in [6, 6.07) is 36.5. The van der Waals surface area contributed by atoms with Crippen LogP contribution < -0.4 is 9.47 Å². The summed E-state index contributed by atoms with van der Waals surface area (Å²) in [4.78, 5) is 16.1. The fourth-order valence-corrected chi connectivity index (χ4v) is 5.35. The van der Waals surface area contributed by atoms with E-state index in [4.69, 9.17) is 9.47 Å². The van der Waals surface area contributed by atoms with Crippen LogP contribution in [0.15, 0.2) is 124 Å². The number of benzene rings is 4.